The number of rotatable bonds is 7. The summed E-state index contributed by atoms with van der Waals surface area (Å²) in [7, 11) is 3.76. The minimum atomic E-state index is 0.458. The molecule has 0 saturated heterocycles. The smallest absolute Gasteiger partial charge is 0.258 e. The summed E-state index contributed by atoms with van der Waals surface area (Å²) in [5.41, 5.74) is 0. The Kier molecular flexibility index (Phi) is 4.80. The van der Waals surface area contributed by atoms with Gasteiger partial charge in [0, 0.05) is 20.6 Å². The summed E-state index contributed by atoms with van der Waals surface area (Å²) in [6, 6.07) is 0. The molecule has 0 aliphatic rings. The van der Waals surface area contributed by atoms with Crippen molar-refractivity contribution in [2.24, 2.45) is 0 Å². The van der Waals surface area contributed by atoms with Crippen LogP contribution in [-0.2, 0) is 0 Å². The van der Waals surface area contributed by atoms with Gasteiger partial charge in [0.2, 0.25) is 11.9 Å². The first-order chi connectivity index (χ1) is 9.74. The standard InChI is InChI=1S/C12H20N8/c1-4-5-6-7-19(3)11-16-10(13-2)17-12(18-11)20-9-14-8-15-20/h8-9H,4-7H2,1-3H3,(H,13,16,17,18). The van der Waals surface area contributed by atoms with E-state index in [9.17, 15) is 0 Å². The molecular formula is C12H20N8. The summed E-state index contributed by atoms with van der Waals surface area (Å²) in [6.45, 7) is 3.10. The Labute approximate surface area is 118 Å². The number of anilines is 2. The Bertz CT molecular complexity index is 524. The van der Waals surface area contributed by atoms with Crippen molar-refractivity contribution in [1.82, 2.24) is 29.7 Å². The highest BCUT2D eigenvalue weighted by Gasteiger charge is 2.11. The van der Waals surface area contributed by atoms with E-state index in [0.29, 0.717) is 17.8 Å². The van der Waals surface area contributed by atoms with Gasteiger partial charge in [-0.15, -0.1) is 0 Å². The highest BCUT2D eigenvalue weighted by Crippen LogP contribution is 2.12. The van der Waals surface area contributed by atoms with Crippen LogP contribution in [0.15, 0.2) is 12.7 Å². The lowest BCUT2D eigenvalue weighted by atomic mass is 10.2. The molecule has 20 heavy (non-hydrogen) atoms. The minimum Gasteiger partial charge on any atom is -0.357 e. The van der Waals surface area contributed by atoms with E-state index in [1.54, 1.807) is 13.4 Å². The van der Waals surface area contributed by atoms with Crippen molar-refractivity contribution in [2.75, 3.05) is 30.9 Å². The molecule has 8 nitrogen and oxygen atoms in total. The normalized spacial score (nSPS) is 10.6. The van der Waals surface area contributed by atoms with E-state index in [1.165, 1.54) is 23.9 Å². The van der Waals surface area contributed by atoms with Crippen LogP contribution in [0.5, 0.6) is 0 Å². The third kappa shape index (κ3) is 3.40. The Morgan fingerprint density at radius 1 is 1.25 bits per heavy atom. The fourth-order valence-electron chi connectivity index (χ4n) is 1.75. The van der Waals surface area contributed by atoms with Crippen molar-refractivity contribution < 1.29 is 0 Å². The van der Waals surface area contributed by atoms with Crippen LogP contribution in [0.25, 0.3) is 5.95 Å². The fraction of sp³-hybridized carbons (Fsp3) is 0.583. The van der Waals surface area contributed by atoms with Crippen LogP contribution < -0.4 is 10.2 Å². The Morgan fingerprint density at radius 3 is 2.75 bits per heavy atom. The van der Waals surface area contributed by atoms with Gasteiger partial charge in [0.1, 0.15) is 12.7 Å². The van der Waals surface area contributed by atoms with Crippen LogP contribution in [0, 0.1) is 0 Å². The average molecular weight is 276 g/mol. The molecule has 0 amide bonds. The van der Waals surface area contributed by atoms with Gasteiger partial charge in [0.15, 0.2) is 0 Å². The molecule has 0 fully saturated rings. The zero-order chi connectivity index (χ0) is 14.4. The van der Waals surface area contributed by atoms with E-state index in [-0.39, 0.29) is 0 Å². The lowest BCUT2D eigenvalue weighted by Crippen LogP contribution is -2.23. The highest BCUT2D eigenvalue weighted by molar-refractivity contribution is 5.38. The van der Waals surface area contributed by atoms with Crippen LogP contribution in [-0.4, -0.2) is 50.4 Å². The molecular weight excluding hydrogens is 256 g/mol. The maximum atomic E-state index is 4.43. The van der Waals surface area contributed by atoms with Crippen LogP contribution >= 0.6 is 0 Å². The largest absolute Gasteiger partial charge is 0.357 e. The number of hydrogen-bond donors (Lipinski definition) is 1. The number of nitrogens with zero attached hydrogens (tertiary/aromatic N) is 7. The predicted octanol–water partition coefficient (Wildman–Crippen LogP) is 1.12. The van der Waals surface area contributed by atoms with Crippen molar-refractivity contribution in [2.45, 2.75) is 26.2 Å². The summed E-state index contributed by atoms with van der Waals surface area (Å²) >= 11 is 0. The third-order valence-corrected chi connectivity index (χ3v) is 2.90. The van der Waals surface area contributed by atoms with Crippen LogP contribution in [0.4, 0.5) is 11.9 Å². The van der Waals surface area contributed by atoms with E-state index >= 15 is 0 Å². The van der Waals surface area contributed by atoms with Gasteiger partial charge in [-0.2, -0.15) is 24.7 Å². The van der Waals surface area contributed by atoms with Gasteiger partial charge in [0.25, 0.3) is 5.95 Å². The lowest BCUT2D eigenvalue weighted by Gasteiger charge is -2.17. The van der Waals surface area contributed by atoms with Crippen molar-refractivity contribution in [3.05, 3.63) is 12.7 Å². The van der Waals surface area contributed by atoms with Crippen LogP contribution in [0.1, 0.15) is 26.2 Å². The molecule has 0 saturated carbocycles. The van der Waals surface area contributed by atoms with Gasteiger partial charge in [-0.3, -0.25) is 0 Å². The molecule has 2 rings (SSSR count). The van der Waals surface area contributed by atoms with Gasteiger partial charge in [0.05, 0.1) is 0 Å². The molecule has 0 aromatic carbocycles. The second-order valence-electron chi connectivity index (χ2n) is 4.48. The first-order valence-corrected chi connectivity index (χ1v) is 6.74. The van der Waals surface area contributed by atoms with E-state index < -0.39 is 0 Å². The van der Waals surface area contributed by atoms with E-state index in [4.69, 9.17) is 0 Å². The summed E-state index contributed by atoms with van der Waals surface area (Å²) in [5, 5.41) is 6.99. The molecule has 0 aliphatic heterocycles. The molecule has 0 atom stereocenters. The molecule has 1 N–H and O–H groups in total. The van der Waals surface area contributed by atoms with Gasteiger partial charge in [-0.25, -0.2) is 4.98 Å². The van der Waals surface area contributed by atoms with Crippen molar-refractivity contribution in [1.29, 1.82) is 0 Å². The quantitative estimate of drug-likeness (QED) is 0.758. The van der Waals surface area contributed by atoms with Crippen molar-refractivity contribution in [3.63, 3.8) is 0 Å². The first-order valence-electron chi connectivity index (χ1n) is 6.74. The summed E-state index contributed by atoms with van der Waals surface area (Å²) in [5.74, 6) is 1.60. The molecule has 0 spiro atoms. The minimum absolute atomic E-state index is 0.458. The monoisotopic (exact) mass is 276 g/mol. The maximum Gasteiger partial charge on any atom is 0.258 e. The number of aromatic nitrogens is 6. The second kappa shape index (κ2) is 6.78. The zero-order valence-corrected chi connectivity index (χ0v) is 12.1. The Hall–Kier alpha value is -2.25. The number of unbranched alkanes of at least 4 members (excludes halogenated alkanes) is 2. The van der Waals surface area contributed by atoms with Gasteiger partial charge in [-0.05, 0) is 6.42 Å². The lowest BCUT2D eigenvalue weighted by molar-refractivity contribution is 0.691. The molecule has 2 aromatic rings. The number of hydrogen-bond acceptors (Lipinski definition) is 7. The third-order valence-electron chi connectivity index (χ3n) is 2.90. The molecule has 8 heteroatoms. The van der Waals surface area contributed by atoms with E-state index in [2.05, 4.69) is 37.3 Å². The topological polar surface area (TPSA) is 84.7 Å². The van der Waals surface area contributed by atoms with Gasteiger partial charge in [-0.1, -0.05) is 19.8 Å². The SMILES string of the molecule is CCCCCN(C)c1nc(NC)nc(-n2cncn2)n1. The van der Waals surface area contributed by atoms with Crippen LogP contribution in [0.2, 0.25) is 0 Å². The van der Waals surface area contributed by atoms with Crippen LogP contribution in [0.3, 0.4) is 0 Å². The molecule has 0 bridgehead atoms. The summed E-state index contributed by atoms with van der Waals surface area (Å²) < 4.78 is 1.52. The molecule has 0 unspecified atom stereocenters. The van der Waals surface area contributed by atoms with Gasteiger partial charge < -0.3 is 10.2 Å². The Balaban J connectivity index is 2.22. The zero-order valence-electron chi connectivity index (χ0n) is 12.1. The predicted molar refractivity (Wildman–Crippen MR) is 77.1 cm³/mol. The highest BCUT2D eigenvalue weighted by atomic mass is 15.4. The molecule has 0 radical (unpaired) electrons. The Morgan fingerprint density at radius 2 is 2.10 bits per heavy atom. The molecule has 2 aromatic heterocycles. The summed E-state index contributed by atoms with van der Waals surface area (Å²) in [6.07, 6.45) is 6.52. The van der Waals surface area contributed by atoms with Gasteiger partial charge >= 0.3 is 0 Å². The molecule has 108 valence electrons. The van der Waals surface area contributed by atoms with Crippen molar-refractivity contribution >= 4 is 11.9 Å². The summed E-state index contributed by atoms with van der Waals surface area (Å²) in [4.78, 5) is 19.0. The first kappa shape index (κ1) is 14.2. The average Bonchev–Trinajstić information content (AvgIpc) is 3.01. The number of nitrogens with one attached hydrogen (secondary N) is 1. The molecule has 2 heterocycles. The van der Waals surface area contributed by atoms with E-state index in [1.807, 2.05) is 11.9 Å². The van der Waals surface area contributed by atoms with Crippen molar-refractivity contribution in [3.8, 4) is 5.95 Å². The second-order valence-corrected chi connectivity index (χ2v) is 4.48. The maximum absolute atomic E-state index is 4.43. The molecule has 0 aliphatic carbocycles. The fourth-order valence-corrected chi connectivity index (χ4v) is 1.75. The van der Waals surface area contributed by atoms with E-state index in [0.717, 1.165) is 13.0 Å².